The summed E-state index contributed by atoms with van der Waals surface area (Å²) >= 11 is 0. The van der Waals surface area contributed by atoms with Crippen molar-refractivity contribution in [2.45, 2.75) is 38.4 Å². The van der Waals surface area contributed by atoms with E-state index in [0.29, 0.717) is 17.7 Å². The minimum Gasteiger partial charge on any atom is -0.395 e. The van der Waals surface area contributed by atoms with Gasteiger partial charge in [-0.1, -0.05) is 6.92 Å². The van der Waals surface area contributed by atoms with Gasteiger partial charge in [-0.2, -0.15) is 13.2 Å². The second-order valence-electron chi connectivity index (χ2n) is 5.29. The molecule has 7 heteroatoms. The Morgan fingerprint density at radius 1 is 1.42 bits per heavy atom. The van der Waals surface area contributed by atoms with Crippen LogP contribution in [0.15, 0.2) is 0 Å². The monoisotopic (exact) mass is 282 g/mol. The van der Waals surface area contributed by atoms with Gasteiger partial charge in [-0.15, -0.1) is 0 Å². The van der Waals surface area contributed by atoms with Gasteiger partial charge in [-0.3, -0.25) is 4.79 Å². The molecule has 0 saturated heterocycles. The normalized spacial score (nSPS) is 28.2. The Bertz CT molecular complexity index is 310. The third kappa shape index (κ3) is 4.99. The second-order valence-corrected chi connectivity index (χ2v) is 5.29. The van der Waals surface area contributed by atoms with Gasteiger partial charge in [0.1, 0.15) is 6.54 Å². The van der Waals surface area contributed by atoms with Crippen LogP contribution in [0.1, 0.15) is 26.2 Å². The number of carbonyl (C=O) groups excluding carboxylic acids is 1. The van der Waals surface area contributed by atoms with Crippen molar-refractivity contribution in [1.29, 1.82) is 0 Å². The Labute approximate surface area is 110 Å². The van der Waals surface area contributed by atoms with Crippen LogP contribution in [0.2, 0.25) is 0 Å². The van der Waals surface area contributed by atoms with Crippen molar-refractivity contribution >= 4 is 5.91 Å². The molecule has 1 amide bonds. The van der Waals surface area contributed by atoms with E-state index in [2.05, 4.69) is 0 Å². The summed E-state index contributed by atoms with van der Waals surface area (Å²) in [5.74, 6) is -0.876. The first-order valence-corrected chi connectivity index (χ1v) is 6.46. The second kappa shape index (κ2) is 6.56. The number of nitrogens with zero attached hydrogens (tertiary/aromatic N) is 1. The van der Waals surface area contributed by atoms with Crippen molar-refractivity contribution in [3.05, 3.63) is 0 Å². The molecule has 0 bridgehead atoms. The minimum absolute atomic E-state index is 0.288. The van der Waals surface area contributed by atoms with Crippen molar-refractivity contribution in [2.75, 3.05) is 19.7 Å². The maximum atomic E-state index is 12.4. The molecule has 1 aliphatic rings. The Morgan fingerprint density at radius 2 is 2.05 bits per heavy atom. The molecule has 3 unspecified atom stereocenters. The van der Waals surface area contributed by atoms with E-state index in [-0.39, 0.29) is 12.5 Å². The lowest BCUT2D eigenvalue weighted by Gasteiger charge is -2.35. The Kier molecular flexibility index (Phi) is 5.61. The number of hydrogen-bond donors (Lipinski definition) is 2. The largest absolute Gasteiger partial charge is 0.406 e. The fourth-order valence-electron chi connectivity index (χ4n) is 2.53. The first-order chi connectivity index (χ1) is 8.74. The van der Waals surface area contributed by atoms with E-state index >= 15 is 0 Å². The van der Waals surface area contributed by atoms with Crippen LogP contribution in [0.25, 0.3) is 0 Å². The summed E-state index contributed by atoms with van der Waals surface area (Å²) in [6.45, 7) is -0.161. The molecule has 0 heterocycles. The van der Waals surface area contributed by atoms with Crippen LogP contribution in [0.3, 0.4) is 0 Å². The Balaban J connectivity index is 2.74. The minimum atomic E-state index is -4.46. The number of amides is 1. The van der Waals surface area contributed by atoms with E-state index < -0.39 is 37.2 Å². The SMILES string of the molecule is CC1CCC(N)C(C(=O)N(CCO)CC(F)(F)F)C1. The molecule has 3 atom stereocenters. The van der Waals surface area contributed by atoms with Crippen LogP contribution < -0.4 is 5.73 Å². The molecule has 0 spiro atoms. The van der Waals surface area contributed by atoms with Crippen LogP contribution in [-0.4, -0.2) is 47.8 Å². The number of nitrogens with two attached hydrogens (primary N) is 1. The summed E-state index contributed by atoms with van der Waals surface area (Å²) in [4.78, 5) is 12.8. The van der Waals surface area contributed by atoms with Crippen LogP contribution in [0.4, 0.5) is 13.2 Å². The van der Waals surface area contributed by atoms with Crippen LogP contribution in [-0.2, 0) is 4.79 Å². The zero-order valence-electron chi connectivity index (χ0n) is 11.0. The molecule has 1 fully saturated rings. The quantitative estimate of drug-likeness (QED) is 0.812. The number of halogens is 3. The van der Waals surface area contributed by atoms with E-state index in [4.69, 9.17) is 10.8 Å². The topological polar surface area (TPSA) is 66.6 Å². The van der Waals surface area contributed by atoms with Gasteiger partial charge in [0.25, 0.3) is 0 Å². The molecule has 4 nitrogen and oxygen atoms in total. The molecule has 0 aromatic carbocycles. The highest BCUT2D eigenvalue weighted by Gasteiger charge is 2.38. The molecule has 0 aromatic rings. The predicted octanol–water partition coefficient (Wildman–Crippen LogP) is 1.13. The van der Waals surface area contributed by atoms with Gasteiger partial charge in [0, 0.05) is 12.6 Å². The molecule has 3 N–H and O–H groups in total. The zero-order chi connectivity index (χ0) is 14.6. The van der Waals surface area contributed by atoms with Gasteiger partial charge in [0.2, 0.25) is 5.91 Å². The fraction of sp³-hybridized carbons (Fsp3) is 0.917. The number of hydrogen-bond acceptors (Lipinski definition) is 3. The van der Waals surface area contributed by atoms with Crippen LogP contribution in [0.5, 0.6) is 0 Å². The highest BCUT2D eigenvalue weighted by molar-refractivity contribution is 5.79. The van der Waals surface area contributed by atoms with Crippen molar-refractivity contribution in [3.8, 4) is 0 Å². The number of carbonyl (C=O) groups is 1. The average Bonchev–Trinajstić information content (AvgIpc) is 2.29. The lowest BCUT2D eigenvalue weighted by molar-refractivity contribution is -0.165. The third-order valence-corrected chi connectivity index (χ3v) is 3.53. The number of alkyl halides is 3. The lowest BCUT2D eigenvalue weighted by Crippen LogP contribution is -2.50. The molecule has 1 aliphatic carbocycles. The van der Waals surface area contributed by atoms with E-state index in [1.54, 1.807) is 0 Å². The standard InChI is InChI=1S/C12H21F3N2O2/c1-8-2-3-10(16)9(6-8)11(19)17(4-5-18)7-12(13,14)15/h8-10,18H,2-7,16H2,1H3. The first-order valence-electron chi connectivity index (χ1n) is 6.46. The Morgan fingerprint density at radius 3 is 2.58 bits per heavy atom. The van der Waals surface area contributed by atoms with Crippen molar-refractivity contribution < 1.29 is 23.1 Å². The summed E-state index contributed by atoms with van der Waals surface area (Å²) in [6.07, 6.45) is -2.41. The summed E-state index contributed by atoms with van der Waals surface area (Å²) in [5, 5.41) is 8.81. The molecule has 0 aliphatic heterocycles. The maximum Gasteiger partial charge on any atom is 0.406 e. The van der Waals surface area contributed by atoms with Gasteiger partial charge in [0.05, 0.1) is 12.5 Å². The number of rotatable bonds is 4. The van der Waals surface area contributed by atoms with Gasteiger partial charge >= 0.3 is 6.18 Å². The lowest BCUT2D eigenvalue weighted by atomic mass is 9.78. The third-order valence-electron chi connectivity index (χ3n) is 3.53. The zero-order valence-corrected chi connectivity index (χ0v) is 11.0. The van der Waals surface area contributed by atoms with Crippen LogP contribution >= 0.6 is 0 Å². The summed E-state index contributed by atoms with van der Waals surface area (Å²) in [6, 6.07) is -0.391. The fourth-order valence-corrected chi connectivity index (χ4v) is 2.53. The van der Waals surface area contributed by atoms with E-state index in [0.717, 1.165) is 6.42 Å². The smallest absolute Gasteiger partial charge is 0.395 e. The van der Waals surface area contributed by atoms with E-state index in [9.17, 15) is 18.0 Å². The summed E-state index contributed by atoms with van der Waals surface area (Å²) in [7, 11) is 0. The van der Waals surface area contributed by atoms with Gasteiger partial charge in [-0.25, -0.2) is 0 Å². The number of aliphatic hydroxyl groups excluding tert-OH is 1. The molecule has 19 heavy (non-hydrogen) atoms. The van der Waals surface area contributed by atoms with Crippen molar-refractivity contribution in [3.63, 3.8) is 0 Å². The Hall–Kier alpha value is -0.820. The average molecular weight is 282 g/mol. The van der Waals surface area contributed by atoms with Gasteiger partial charge in [0.15, 0.2) is 0 Å². The van der Waals surface area contributed by atoms with Crippen molar-refractivity contribution in [2.24, 2.45) is 17.6 Å². The van der Waals surface area contributed by atoms with Gasteiger partial charge < -0.3 is 15.7 Å². The highest BCUT2D eigenvalue weighted by Crippen LogP contribution is 2.30. The molecular weight excluding hydrogens is 261 g/mol. The van der Waals surface area contributed by atoms with Gasteiger partial charge in [-0.05, 0) is 25.2 Å². The van der Waals surface area contributed by atoms with E-state index in [1.165, 1.54) is 0 Å². The summed E-state index contributed by atoms with van der Waals surface area (Å²) < 4.78 is 37.3. The molecule has 1 saturated carbocycles. The predicted molar refractivity (Wildman–Crippen MR) is 64.2 cm³/mol. The molecule has 0 radical (unpaired) electrons. The number of aliphatic hydroxyl groups is 1. The molecule has 1 rings (SSSR count). The maximum absolute atomic E-state index is 12.4. The molecular formula is C12H21F3N2O2. The highest BCUT2D eigenvalue weighted by atomic mass is 19.4. The summed E-state index contributed by atoms with van der Waals surface area (Å²) in [5.41, 5.74) is 5.85. The van der Waals surface area contributed by atoms with Crippen molar-refractivity contribution in [1.82, 2.24) is 4.90 Å². The first kappa shape index (κ1) is 16.2. The van der Waals surface area contributed by atoms with Crippen LogP contribution in [0, 0.1) is 11.8 Å². The van der Waals surface area contributed by atoms with E-state index in [1.807, 2.05) is 6.92 Å². The molecule has 0 aromatic heterocycles. The molecule has 112 valence electrons.